The molecular formula is C6H11IN2. The second kappa shape index (κ2) is 7.94. The molecule has 1 aliphatic heterocycles. The minimum Gasteiger partial charge on any atom is -0.375 e. The van der Waals surface area contributed by atoms with Gasteiger partial charge in [-0.1, -0.05) is 28.7 Å². The molecule has 3 heteroatoms. The molecule has 0 saturated heterocycles. The van der Waals surface area contributed by atoms with Crippen molar-refractivity contribution in [3.05, 3.63) is 12.7 Å². The molecule has 1 N–H and O–H groups in total. The number of hydrogen-bond acceptors (Lipinski definition) is 2. The standard InChI is InChI=1S/C3H5I.C3H6N2/c1-2-3-4;1-2-5-3-4-1/h2H,1,3H2;3H,1-2H2,(H,4,5). The third-order valence-corrected chi connectivity index (χ3v) is 1.30. The van der Waals surface area contributed by atoms with Gasteiger partial charge in [0.15, 0.2) is 0 Å². The van der Waals surface area contributed by atoms with Gasteiger partial charge in [-0.15, -0.1) is 6.58 Å². The van der Waals surface area contributed by atoms with Crippen molar-refractivity contribution in [2.24, 2.45) is 4.99 Å². The number of aliphatic imine (C=N–C) groups is 1. The normalized spacial score (nSPS) is 13.4. The monoisotopic (exact) mass is 238 g/mol. The molecule has 0 fully saturated rings. The smallest absolute Gasteiger partial charge is 0.0825 e. The minimum atomic E-state index is 0.958. The Morgan fingerprint density at radius 3 is 2.67 bits per heavy atom. The predicted octanol–water partition coefficient (Wildman–Crippen LogP) is 1.23. The average Bonchev–Trinajstić information content (AvgIpc) is 2.43. The van der Waals surface area contributed by atoms with Crippen LogP contribution in [-0.2, 0) is 0 Å². The van der Waals surface area contributed by atoms with Crippen molar-refractivity contribution >= 4 is 28.9 Å². The molecule has 0 amide bonds. The molecule has 9 heavy (non-hydrogen) atoms. The summed E-state index contributed by atoms with van der Waals surface area (Å²) in [6.45, 7) is 5.46. The van der Waals surface area contributed by atoms with Gasteiger partial charge < -0.3 is 5.32 Å². The summed E-state index contributed by atoms with van der Waals surface area (Å²) in [4.78, 5) is 3.85. The SMILES string of the molecule is C1=NCCN1.C=CCI. The van der Waals surface area contributed by atoms with Crippen LogP contribution >= 0.6 is 22.6 Å². The first-order chi connectivity index (χ1) is 4.41. The largest absolute Gasteiger partial charge is 0.375 e. The quantitative estimate of drug-likeness (QED) is 0.414. The first-order valence-electron chi connectivity index (χ1n) is 2.80. The van der Waals surface area contributed by atoms with E-state index in [1.807, 2.05) is 6.08 Å². The van der Waals surface area contributed by atoms with E-state index in [9.17, 15) is 0 Å². The highest BCUT2D eigenvalue weighted by molar-refractivity contribution is 14.1. The molecule has 0 aromatic rings. The van der Waals surface area contributed by atoms with E-state index in [-0.39, 0.29) is 0 Å². The van der Waals surface area contributed by atoms with Crippen molar-refractivity contribution in [2.75, 3.05) is 17.5 Å². The van der Waals surface area contributed by atoms with E-state index >= 15 is 0 Å². The summed E-state index contributed by atoms with van der Waals surface area (Å²) in [5, 5.41) is 2.93. The molecule has 2 nitrogen and oxygen atoms in total. The maximum atomic E-state index is 3.85. The van der Waals surface area contributed by atoms with Crippen LogP contribution in [0.3, 0.4) is 0 Å². The van der Waals surface area contributed by atoms with Gasteiger partial charge >= 0.3 is 0 Å². The van der Waals surface area contributed by atoms with Crippen LogP contribution in [0, 0.1) is 0 Å². The predicted molar refractivity (Wildman–Crippen MR) is 50.4 cm³/mol. The van der Waals surface area contributed by atoms with E-state index in [4.69, 9.17) is 0 Å². The van der Waals surface area contributed by atoms with E-state index in [0.29, 0.717) is 0 Å². The van der Waals surface area contributed by atoms with Crippen LogP contribution in [0.4, 0.5) is 0 Å². The molecule has 0 atom stereocenters. The number of nitrogens with one attached hydrogen (secondary N) is 1. The fourth-order valence-electron chi connectivity index (χ4n) is 0.323. The van der Waals surface area contributed by atoms with Crippen LogP contribution in [0.15, 0.2) is 17.6 Å². The highest BCUT2D eigenvalue weighted by atomic mass is 127. The molecule has 0 spiro atoms. The average molecular weight is 238 g/mol. The van der Waals surface area contributed by atoms with E-state index in [2.05, 4.69) is 39.5 Å². The minimum absolute atomic E-state index is 0.958. The molecule has 52 valence electrons. The van der Waals surface area contributed by atoms with Gasteiger partial charge in [0.1, 0.15) is 0 Å². The molecule has 0 unspecified atom stereocenters. The Hall–Kier alpha value is -0.0600. The van der Waals surface area contributed by atoms with Crippen molar-refractivity contribution in [2.45, 2.75) is 0 Å². The number of rotatable bonds is 1. The van der Waals surface area contributed by atoms with Gasteiger partial charge in [-0.05, 0) is 0 Å². The van der Waals surface area contributed by atoms with Gasteiger partial charge in [0.05, 0.1) is 12.9 Å². The number of halogens is 1. The van der Waals surface area contributed by atoms with E-state index in [1.165, 1.54) is 0 Å². The number of hydrogen-bond donors (Lipinski definition) is 1. The van der Waals surface area contributed by atoms with Gasteiger partial charge in [0, 0.05) is 11.0 Å². The van der Waals surface area contributed by atoms with Crippen LogP contribution in [0.25, 0.3) is 0 Å². The van der Waals surface area contributed by atoms with E-state index in [1.54, 1.807) is 6.34 Å². The second-order valence-electron chi connectivity index (χ2n) is 1.43. The highest BCUT2D eigenvalue weighted by Gasteiger charge is 1.82. The molecule has 0 aliphatic carbocycles. The highest BCUT2D eigenvalue weighted by Crippen LogP contribution is 1.75. The molecule has 0 aromatic heterocycles. The maximum absolute atomic E-state index is 3.85. The topological polar surface area (TPSA) is 24.4 Å². The fraction of sp³-hybridized carbons (Fsp3) is 0.500. The zero-order chi connectivity index (χ0) is 6.95. The first-order valence-corrected chi connectivity index (χ1v) is 4.33. The van der Waals surface area contributed by atoms with E-state index in [0.717, 1.165) is 17.5 Å². The number of allylic oxidation sites excluding steroid dienone is 1. The zero-order valence-corrected chi connectivity index (χ0v) is 7.47. The molecule has 0 saturated carbocycles. The van der Waals surface area contributed by atoms with Crippen molar-refractivity contribution < 1.29 is 0 Å². The Morgan fingerprint density at radius 2 is 2.56 bits per heavy atom. The van der Waals surface area contributed by atoms with Gasteiger partial charge in [-0.2, -0.15) is 0 Å². The Morgan fingerprint density at radius 1 is 1.89 bits per heavy atom. The van der Waals surface area contributed by atoms with Crippen LogP contribution in [0.5, 0.6) is 0 Å². The molecule has 0 aromatic carbocycles. The number of alkyl halides is 1. The third-order valence-electron chi connectivity index (χ3n) is 0.677. The van der Waals surface area contributed by atoms with Gasteiger partial charge in [0.25, 0.3) is 0 Å². The second-order valence-corrected chi connectivity index (χ2v) is 2.31. The zero-order valence-electron chi connectivity index (χ0n) is 5.31. The molecule has 1 heterocycles. The summed E-state index contributed by atoms with van der Waals surface area (Å²) >= 11 is 2.23. The van der Waals surface area contributed by atoms with Crippen LogP contribution in [-0.4, -0.2) is 23.9 Å². The summed E-state index contributed by atoms with van der Waals surface area (Å²) in [7, 11) is 0. The molecule has 1 aliphatic rings. The Balaban J connectivity index is 0.000000148. The van der Waals surface area contributed by atoms with Crippen LogP contribution in [0.2, 0.25) is 0 Å². The molecule has 0 radical (unpaired) electrons. The van der Waals surface area contributed by atoms with Gasteiger partial charge in [0.2, 0.25) is 0 Å². The lowest BCUT2D eigenvalue weighted by Crippen LogP contribution is -2.04. The van der Waals surface area contributed by atoms with Gasteiger partial charge in [-0.3, -0.25) is 4.99 Å². The van der Waals surface area contributed by atoms with Crippen LogP contribution in [0.1, 0.15) is 0 Å². The summed E-state index contributed by atoms with van der Waals surface area (Å²) in [5.74, 6) is 0. The fourth-order valence-corrected chi connectivity index (χ4v) is 0.323. The third kappa shape index (κ3) is 7.94. The van der Waals surface area contributed by atoms with Gasteiger partial charge in [-0.25, -0.2) is 0 Å². The molecular weight excluding hydrogens is 227 g/mol. The lowest BCUT2D eigenvalue weighted by atomic mass is 10.7. The number of nitrogens with zero attached hydrogens (tertiary/aromatic N) is 1. The lowest BCUT2D eigenvalue weighted by molar-refractivity contribution is 0.965. The van der Waals surface area contributed by atoms with Crippen molar-refractivity contribution in [3.8, 4) is 0 Å². The first kappa shape index (κ1) is 8.94. The van der Waals surface area contributed by atoms with Crippen molar-refractivity contribution in [1.82, 2.24) is 5.32 Å². The molecule has 0 bridgehead atoms. The Bertz CT molecular complexity index is 85.1. The Kier molecular flexibility index (Phi) is 7.89. The molecule has 1 rings (SSSR count). The Labute approximate surface area is 69.6 Å². The van der Waals surface area contributed by atoms with Crippen molar-refractivity contribution in [3.63, 3.8) is 0 Å². The van der Waals surface area contributed by atoms with Crippen molar-refractivity contribution in [1.29, 1.82) is 0 Å². The van der Waals surface area contributed by atoms with E-state index < -0.39 is 0 Å². The van der Waals surface area contributed by atoms with Crippen LogP contribution < -0.4 is 5.32 Å². The summed E-state index contributed by atoms with van der Waals surface area (Å²) in [5.41, 5.74) is 0. The summed E-state index contributed by atoms with van der Waals surface area (Å²) < 4.78 is 1.05. The summed E-state index contributed by atoms with van der Waals surface area (Å²) in [6.07, 6.45) is 3.60. The summed E-state index contributed by atoms with van der Waals surface area (Å²) in [6, 6.07) is 0. The maximum Gasteiger partial charge on any atom is 0.0825 e. The lowest BCUT2D eigenvalue weighted by Gasteiger charge is -1.75.